The summed E-state index contributed by atoms with van der Waals surface area (Å²) in [6.07, 6.45) is 5.11. The summed E-state index contributed by atoms with van der Waals surface area (Å²) in [5.41, 5.74) is 1.55. The summed E-state index contributed by atoms with van der Waals surface area (Å²) in [4.78, 5) is 17.9. The van der Waals surface area contributed by atoms with Crippen molar-refractivity contribution < 1.29 is 9.32 Å². The number of nitriles is 1. The van der Waals surface area contributed by atoms with Gasteiger partial charge in [0.15, 0.2) is 5.76 Å². The second-order valence-electron chi connectivity index (χ2n) is 5.49. The molecule has 1 atom stereocenters. The number of hydrogen-bond acceptors (Lipinski definition) is 5. The zero-order valence-corrected chi connectivity index (χ0v) is 12.6. The van der Waals surface area contributed by atoms with E-state index < -0.39 is 0 Å². The highest BCUT2D eigenvalue weighted by molar-refractivity contribution is 5.74. The van der Waals surface area contributed by atoms with E-state index in [1.807, 2.05) is 12.1 Å². The number of urea groups is 1. The topological polar surface area (TPSA) is 95.1 Å². The molecule has 0 saturated carbocycles. The molecule has 118 valence electrons. The lowest BCUT2D eigenvalue weighted by atomic mass is 10.0. The smallest absolute Gasteiger partial charge is 0.317 e. The molecule has 1 aliphatic rings. The van der Waals surface area contributed by atoms with Crippen molar-refractivity contribution in [3.05, 3.63) is 36.4 Å². The van der Waals surface area contributed by atoms with Crippen molar-refractivity contribution in [3.8, 4) is 17.3 Å². The molecule has 3 rings (SSSR count). The summed E-state index contributed by atoms with van der Waals surface area (Å²) < 4.78 is 5.24. The molecule has 2 aromatic heterocycles. The number of nitrogens with zero attached hydrogens (tertiary/aromatic N) is 4. The standard InChI is InChI=1S/C16H17N5O2/c17-8-12-3-2-6-21(11-12)16(22)19-10-14-7-15(20-23-14)13-4-1-5-18-9-13/h1,4-5,7,9,12H,2-3,6,10-11H2,(H,19,22)/t12-/m0/s1. The molecule has 2 aromatic rings. The molecule has 7 heteroatoms. The van der Waals surface area contributed by atoms with Crippen LogP contribution in [-0.2, 0) is 6.54 Å². The summed E-state index contributed by atoms with van der Waals surface area (Å²) in [6.45, 7) is 1.43. The van der Waals surface area contributed by atoms with E-state index in [1.54, 1.807) is 23.4 Å². The van der Waals surface area contributed by atoms with Gasteiger partial charge in [-0.1, -0.05) is 5.16 Å². The van der Waals surface area contributed by atoms with Crippen LogP contribution in [0.25, 0.3) is 11.3 Å². The lowest BCUT2D eigenvalue weighted by molar-refractivity contribution is 0.175. The largest absolute Gasteiger partial charge is 0.359 e. The maximum absolute atomic E-state index is 12.1. The Morgan fingerprint density at radius 3 is 3.26 bits per heavy atom. The second kappa shape index (κ2) is 6.92. The van der Waals surface area contributed by atoms with Crippen LogP contribution in [0.3, 0.4) is 0 Å². The number of hydrogen-bond donors (Lipinski definition) is 1. The molecule has 2 amide bonds. The van der Waals surface area contributed by atoms with Crippen molar-refractivity contribution >= 4 is 6.03 Å². The highest BCUT2D eigenvalue weighted by atomic mass is 16.5. The number of nitrogens with one attached hydrogen (secondary N) is 1. The molecule has 23 heavy (non-hydrogen) atoms. The predicted octanol–water partition coefficient (Wildman–Crippen LogP) is 2.18. The van der Waals surface area contributed by atoms with Crippen molar-refractivity contribution in [1.29, 1.82) is 5.26 Å². The van der Waals surface area contributed by atoms with E-state index in [9.17, 15) is 4.79 Å². The first-order chi connectivity index (χ1) is 11.3. The minimum absolute atomic E-state index is 0.0723. The first-order valence-electron chi connectivity index (χ1n) is 7.54. The Balaban J connectivity index is 1.55. The van der Waals surface area contributed by atoms with Gasteiger partial charge in [-0.15, -0.1) is 0 Å². The van der Waals surface area contributed by atoms with E-state index in [0.29, 0.717) is 24.5 Å². The Hall–Kier alpha value is -2.88. The van der Waals surface area contributed by atoms with Gasteiger partial charge in [0.2, 0.25) is 0 Å². The molecule has 0 aliphatic carbocycles. The van der Waals surface area contributed by atoms with Crippen LogP contribution < -0.4 is 5.32 Å². The monoisotopic (exact) mass is 311 g/mol. The summed E-state index contributed by atoms with van der Waals surface area (Å²) >= 11 is 0. The van der Waals surface area contributed by atoms with E-state index in [-0.39, 0.29) is 18.5 Å². The summed E-state index contributed by atoms with van der Waals surface area (Å²) in [6, 6.07) is 7.55. The van der Waals surface area contributed by atoms with Gasteiger partial charge >= 0.3 is 6.03 Å². The van der Waals surface area contributed by atoms with E-state index in [1.165, 1.54) is 0 Å². The van der Waals surface area contributed by atoms with E-state index in [0.717, 1.165) is 18.4 Å². The highest BCUT2D eigenvalue weighted by Gasteiger charge is 2.23. The summed E-state index contributed by atoms with van der Waals surface area (Å²) in [5, 5.41) is 15.8. The zero-order chi connectivity index (χ0) is 16.1. The molecule has 1 fully saturated rings. The van der Waals surface area contributed by atoms with Gasteiger partial charge in [0.05, 0.1) is 18.5 Å². The predicted molar refractivity (Wildman–Crippen MR) is 81.9 cm³/mol. The SMILES string of the molecule is N#C[C@@H]1CCCN(C(=O)NCc2cc(-c3cccnc3)no2)C1. The highest BCUT2D eigenvalue weighted by Crippen LogP contribution is 2.18. The minimum Gasteiger partial charge on any atom is -0.359 e. The van der Waals surface area contributed by atoms with E-state index in [4.69, 9.17) is 9.78 Å². The van der Waals surface area contributed by atoms with Gasteiger partial charge < -0.3 is 14.7 Å². The minimum atomic E-state index is -0.177. The molecular weight excluding hydrogens is 294 g/mol. The van der Waals surface area contributed by atoms with Crippen molar-refractivity contribution in [2.45, 2.75) is 19.4 Å². The van der Waals surface area contributed by atoms with Crippen molar-refractivity contribution in [3.63, 3.8) is 0 Å². The van der Waals surface area contributed by atoms with Crippen molar-refractivity contribution in [2.24, 2.45) is 5.92 Å². The molecule has 0 unspecified atom stereocenters. The Bertz CT molecular complexity index is 707. The number of piperidine rings is 1. The van der Waals surface area contributed by atoms with Crippen LogP contribution in [0.15, 0.2) is 35.1 Å². The number of rotatable bonds is 3. The Kier molecular flexibility index (Phi) is 4.52. The third-order valence-corrected chi connectivity index (χ3v) is 3.82. The fourth-order valence-electron chi connectivity index (χ4n) is 2.59. The summed E-state index contributed by atoms with van der Waals surface area (Å²) in [7, 11) is 0. The molecule has 0 radical (unpaired) electrons. The normalized spacial score (nSPS) is 17.5. The van der Waals surface area contributed by atoms with Gasteiger partial charge in [0.25, 0.3) is 0 Å². The van der Waals surface area contributed by atoms with E-state index in [2.05, 4.69) is 21.5 Å². The third-order valence-electron chi connectivity index (χ3n) is 3.82. The maximum atomic E-state index is 12.1. The van der Waals surface area contributed by atoms with Gasteiger partial charge in [-0.3, -0.25) is 4.98 Å². The second-order valence-corrected chi connectivity index (χ2v) is 5.49. The van der Waals surface area contributed by atoms with Crippen LogP contribution in [0.4, 0.5) is 4.79 Å². The Morgan fingerprint density at radius 1 is 1.57 bits per heavy atom. The molecule has 1 aliphatic heterocycles. The van der Waals surface area contributed by atoms with Crippen LogP contribution in [0.5, 0.6) is 0 Å². The lowest BCUT2D eigenvalue weighted by Crippen LogP contribution is -2.45. The van der Waals surface area contributed by atoms with Gasteiger partial charge in [0, 0.05) is 37.1 Å². The molecule has 1 N–H and O–H groups in total. The number of aromatic nitrogens is 2. The van der Waals surface area contributed by atoms with Crippen LogP contribution in [0.2, 0.25) is 0 Å². The Morgan fingerprint density at radius 2 is 2.48 bits per heavy atom. The molecule has 1 saturated heterocycles. The number of pyridine rings is 1. The third kappa shape index (κ3) is 3.66. The molecule has 3 heterocycles. The number of carbonyl (C=O) groups excluding carboxylic acids is 1. The molecule has 0 aromatic carbocycles. The maximum Gasteiger partial charge on any atom is 0.317 e. The molecule has 0 bridgehead atoms. The molecule has 0 spiro atoms. The van der Waals surface area contributed by atoms with Crippen molar-refractivity contribution in [1.82, 2.24) is 20.4 Å². The first-order valence-corrected chi connectivity index (χ1v) is 7.54. The molecular formula is C16H17N5O2. The average Bonchev–Trinajstić information content (AvgIpc) is 3.09. The number of likely N-dealkylation sites (tertiary alicyclic amines) is 1. The van der Waals surface area contributed by atoms with Crippen LogP contribution in [0, 0.1) is 17.2 Å². The van der Waals surface area contributed by atoms with Crippen LogP contribution in [-0.4, -0.2) is 34.2 Å². The summed E-state index contributed by atoms with van der Waals surface area (Å²) in [5.74, 6) is 0.503. The first kappa shape index (κ1) is 15.0. The van der Waals surface area contributed by atoms with Gasteiger partial charge in [-0.05, 0) is 25.0 Å². The van der Waals surface area contributed by atoms with Crippen LogP contribution in [0.1, 0.15) is 18.6 Å². The van der Waals surface area contributed by atoms with Crippen LogP contribution >= 0.6 is 0 Å². The fourth-order valence-corrected chi connectivity index (χ4v) is 2.59. The number of carbonyl (C=O) groups is 1. The van der Waals surface area contributed by atoms with Gasteiger partial charge in [0.1, 0.15) is 5.69 Å². The average molecular weight is 311 g/mol. The molecule has 7 nitrogen and oxygen atoms in total. The lowest BCUT2D eigenvalue weighted by Gasteiger charge is -2.29. The van der Waals surface area contributed by atoms with Gasteiger partial charge in [-0.2, -0.15) is 5.26 Å². The number of amides is 2. The van der Waals surface area contributed by atoms with E-state index >= 15 is 0 Å². The Labute approximate surface area is 133 Å². The fraction of sp³-hybridized carbons (Fsp3) is 0.375. The quantitative estimate of drug-likeness (QED) is 0.937. The van der Waals surface area contributed by atoms with Gasteiger partial charge in [-0.25, -0.2) is 4.79 Å². The zero-order valence-electron chi connectivity index (χ0n) is 12.6. The van der Waals surface area contributed by atoms with Crippen molar-refractivity contribution in [2.75, 3.05) is 13.1 Å².